The van der Waals surface area contributed by atoms with Gasteiger partial charge in [0.25, 0.3) is 0 Å². The zero-order valence-electron chi connectivity index (χ0n) is 14.3. The highest BCUT2D eigenvalue weighted by Gasteiger charge is 2.12. The number of rotatable bonds is 5. The van der Waals surface area contributed by atoms with Crippen LogP contribution in [0.5, 0.6) is 0 Å². The van der Waals surface area contributed by atoms with Gasteiger partial charge in [-0.05, 0) is 51.3 Å². The van der Waals surface area contributed by atoms with Crippen LogP contribution in [0.4, 0.5) is 0 Å². The lowest BCUT2D eigenvalue weighted by molar-refractivity contribution is 0.265. The first-order valence-electron chi connectivity index (χ1n) is 8.40. The number of hydrogen-bond acceptors (Lipinski definition) is 2. The normalized spacial score (nSPS) is 16.6. The Kier molecular flexibility index (Phi) is 6.25. The molecule has 0 aliphatic carbocycles. The highest BCUT2D eigenvalue weighted by atomic mass is 15.2. The number of guanidine groups is 1. The van der Waals surface area contributed by atoms with E-state index in [0.29, 0.717) is 18.5 Å². The van der Waals surface area contributed by atoms with E-state index in [-0.39, 0.29) is 0 Å². The Bertz CT molecular complexity index is 490. The van der Waals surface area contributed by atoms with Gasteiger partial charge < -0.3 is 10.6 Å². The van der Waals surface area contributed by atoms with E-state index in [0.717, 1.165) is 19.6 Å². The van der Waals surface area contributed by atoms with Crippen molar-refractivity contribution in [1.29, 1.82) is 0 Å². The molecule has 4 nitrogen and oxygen atoms in total. The quantitative estimate of drug-likeness (QED) is 0.672. The molecule has 4 heteroatoms. The fourth-order valence-corrected chi connectivity index (χ4v) is 2.71. The standard InChI is InChI=1S/C18H30N4/c1-15(2)21(3)14-17-10-6-5-9-16(17)13-20-18(19)22-11-7-4-8-12-22/h5-6,9-10,15H,4,7-8,11-14H2,1-3H3,(H2,19,20). The summed E-state index contributed by atoms with van der Waals surface area (Å²) < 4.78 is 0. The number of aliphatic imine (C=N–C) groups is 1. The molecule has 1 aliphatic heterocycles. The van der Waals surface area contributed by atoms with Crippen molar-refractivity contribution in [3.63, 3.8) is 0 Å². The van der Waals surface area contributed by atoms with Gasteiger partial charge in [-0.1, -0.05) is 24.3 Å². The predicted octanol–water partition coefficient (Wildman–Crippen LogP) is 2.83. The summed E-state index contributed by atoms with van der Waals surface area (Å²) in [5.74, 6) is 0.701. The Balaban J connectivity index is 2.02. The summed E-state index contributed by atoms with van der Waals surface area (Å²) in [6, 6.07) is 9.08. The summed E-state index contributed by atoms with van der Waals surface area (Å²) in [5.41, 5.74) is 8.78. The second kappa shape index (κ2) is 8.18. The van der Waals surface area contributed by atoms with E-state index in [2.05, 4.69) is 60.0 Å². The van der Waals surface area contributed by atoms with Gasteiger partial charge in [-0.25, -0.2) is 4.99 Å². The van der Waals surface area contributed by atoms with Crippen molar-refractivity contribution >= 4 is 5.96 Å². The second-order valence-corrected chi connectivity index (χ2v) is 6.50. The van der Waals surface area contributed by atoms with Gasteiger partial charge in [0.15, 0.2) is 5.96 Å². The molecule has 122 valence electrons. The maximum absolute atomic E-state index is 6.16. The molecule has 1 heterocycles. The van der Waals surface area contributed by atoms with Crippen LogP contribution < -0.4 is 5.73 Å². The minimum Gasteiger partial charge on any atom is -0.370 e. The molecule has 1 aromatic rings. The zero-order valence-corrected chi connectivity index (χ0v) is 14.3. The first-order valence-corrected chi connectivity index (χ1v) is 8.40. The van der Waals surface area contributed by atoms with Crippen molar-refractivity contribution < 1.29 is 0 Å². The maximum atomic E-state index is 6.16. The molecule has 0 radical (unpaired) electrons. The van der Waals surface area contributed by atoms with Gasteiger partial charge in [0.05, 0.1) is 6.54 Å². The lowest BCUT2D eigenvalue weighted by atomic mass is 10.1. The Morgan fingerprint density at radius 1 is 1.18 bits per heavy atom. The van der Waals surface area contributed by atoms with Crippen LogP contribution in [0.1, 0.15) is 44.2 Å². The van der Waals surface area contributed by atoms with Gasteiger partial charge in [-0.3, -0.25) is 4.90 Å². The highest BCUT2D eigenvalue weighted by molar-refractivity contribution is 5.78. The molecular formula is C18H30N4. The number of nitrogens with zero attached hydrogens (tertiary/aromatic N) is 3. The molecule has 0 bridgehead atoms. The van der Waals surface area contributed by atoms with Crippen LogP contribution in [-0.4, -0.2) is 41.9 Å². The molecule has 2 N–H and O–H groups in total. The van der Waals surface area contributed by atoms with Gasteiger partial charge in [0.2, 0.25) is 0 Å². The first kappa shape index (κ1) is 16.8. The monoisotopic (exact) mass is 302 g/mol. The SMILES string of the molecule is CC(C)N(C)Cc1ccccc1CN=C(N)N1CCCCC1. The molecule has 0 aromatic heterocycles. The van der Waals surface area contributed by atoms with Crippen LogP contribution in [0.15, 0.2) is 29.3 Å². The molecule has 1 aromatic carbocycles. The third-order valence-electron chi connectivity index (χ3n) is 4.51. The third kappa shape index (κ3) is 4.73. The second-order valence-electron chi connectivity index (χ2n) is 6.50. The van der Waals surface area contributed by atoms with Crippen LogP contribution >= 0.6 is 0 Å². The van der Waals surface area contributed by atoms with Crippen molar-refractivity contribution in [1.82, 2.24) is 9.80 Å². The largest absolute Gasteiger partial charge is 0.370 e. The van der Waals surface area contributed by atoms with E-state index in [1.54, 1.807) is 0 Å². The summed E-state index contributed by atoms with van der Waals surface area (Å²) in [7, 11) is 2.16. The summed E-state index contributed by atoms with van der Waals surface area (Å²) in [6.45, 7) is 8.15. The average molecular weight is 302 g/mol. The van der Waals surface area contributed by atoms with Crippen LogP contribution in [-0.2, 0) is 13.1 Å². The minimum absolute atomic E-state index is 0.537. The third-order valence-corrected chi connectivity index (χ3v) is 4.51. The van der Waals surface area contributed by atoms with Crippen LogP contribution in [0.2, 0.25) is 0 Å². The molecular weight excluding hydrogens is 272 g/mol. The Labute approximate surface area is 135 Å². The van der Waals surface area contributed by atoms with Crippen molar-refractivity contribution in [2.75, 3.05) is 20.1 Å². The molecule has 1 fully saturated rings. The van der Waals surface area contributed by atoms with Crippen molar-refractivity contribution in [2.24, 2.45) is 10.7 Å². The predicted molar refractivity (Wildman–Crippen MR) is 93.8 cm³/mol. The molecule has 0 atom stereocenters. The van der Waals surface area contributed by atoms with Gasteiger partial charge >= 0.3 is 0 Å². The smallest absolute Gasteiger partial charge is 0.191 e. The molecule has 0 saturated carbocycles. The van der Waals surface area contributed by atoms with Crippen LogP contribution in [0.3, 0.4) is 0 Å². The van der Waals surface area contributed by atoms with Gasteiger partial charge in [-0.2, -0.15) is 0 Å². The Hall–Kier alpha value is -1.55. The molecule has 1 saturated heterocycles. The molecule has 0 amide bonds. The van der Waals surface area contributed by atoms with Gasteiger partial charge in [0.1, 0.15) is 0 Å². The first-order chi connectivity index (χ1) is 10.6. The van der Waals surface area contributed by atoms with E-state index in [1.165, 1.54) is 30.4 Å². The Morgan fingerprint density at radius 2 is 1.82 bits per heavy atom. The molecule has 0 spiro atoms. The maximum Gasteiger partial charge on any atom is 0.191 e. The lowest BCUT2D eigenvalue weighted by Gasteiger charge is -2.27. The fourth-order valence-electron chi connectivity index (χ4n) is 2.71. The molecule has 2 rings (SSSR count). The summed E-state index contributed by atoms with van der Waals surface area (Å²) in [4.78, 5) is 9.19. The number of hydrogen-bond donors (Lipinski definition) is 1. The van der Waals surface area contributed by atoms with Crippen molar-refractivity contribution in [2.45, 2.75) is 52.2 Å². The number of benzene rings is 1. The average Bonchev–Trinajstić information content (AvgIpc) is 2.54. The number of likely N-dealkylation sites (tertiary alicyclic amines) is 1. The van der Waals surface area contributed by atoms with Crippen LogP contribution in [0, 0.1) is 0 Å². The summed E-state index contributed by atoms with van der Waals surface area (Å²) in [6.07, 6.45) is 3.77. The number of nitrogens with two attached hydrogens (primary N) is 1. The Morgan fingerprint density at radius 3 is 2.45 bits per heavy atom. The fraction of sp³-hybridized carbons (Fsp3) is 0.611. The van der Waals surface area contributed by atoms with E-state index in [4.69, 9.17) is 5.73 Å². The molecule has 0 unspecified atom stereocenters. The highest BCUT2D eigenvalue weighted by Crippen LogP contribution is 2.14. The molecule has 1 aliphatic rings. The van der Waals surface area contributed by atoms with E-state index in [9.17, 15) is 0 Å². The van der Waals surface area contributed by atoms with E-state index < -0.39 is 0 Å². The minimum atomic E-state index is 0.537. The zero-order chi connectivity index (χ0) is 15.9. The lowest BCUT2D eigenvalue weighted by Crippen LogP contribution is -2.40. The van der Waals surface area contributed by atoms with Crippen molar-refractivity contribution in [3.8, 4) is 0 Å². The van der Waals surface area contributed by atoms with Crippen LogP contribution in [0.25, 0.3) is 0 Å². The van der Waals surface area contributed by atoms with Gasteiger partial charge in [0, 0.05) is 25.7 Å². The topological polar surface area (TPSA) is 44.9 Å². The van der Waals surface area contributed by atoms with E-state index >= 15 is 0 Å². The van der Waals surface area contributed by atoms with Crippen molar-refractivity contribution in [3.05, 3.63) is 35.4 Å². The summed E-state index contributed by atoms with van der Waals surface area (Å²) in [5, 5.41) is 0. The number of piperidine rings is 1. The van der Waals surface area contributed by atoms with E-state index in [1.807, 2.05) is 0 Å². The summed E-state index contributed by atoms with van der Waals surface area (Å²) >= 11 is 0. The molecule has 22 heavy (non-hydrogen) atoms. The van der Waals surface area contributed by atoms with Gasteiger partial charge in [-0.15, -0.1) is 0 Å².